The van der Waals surface area contributed by atoms with Crippen molar-refractivity contribution in [1.29, 1.82) is 0 Å². The maximum Gasteiger partial charge on any atom is 0.160 e. The second-order valence-electron chi connectivity index (χ2n) is 3.87. The summed E-state index contributed by atoms with van der Waals surface area (Å²) in [6.07, 6.45) is 2.43. The number of benzene rings is 1. The van der Waals surface area contributed by atoms with Crippen LogP contribution >= 0.6 is 23.2 Å². The molecule has 5 heteroatoms. The largest absolute Gasteiger partial charge is 0.467 e. The van der Waals surface area contributed by atoms with E-state index in [-0.39, 0.29) is 16.1 Å². The molecule has 0 spiro atoms. The van der Waals surface area contributed by atoms with Crippen LogP contribution in [-0.4, -0.2) is 0 Å². The van der Waals surface area contributed by atoms with Gasteiger partial charge >= 0.3 is 0 Å². The molecule has 1 aromatic heterocycles. The molecule has 1 unspecified atom stereocenters. The highest BCUT2D eigenvalue weighted by atomic mass is 35.5. The number of hydrogen-bond donors (Lipinski definition) is 1. The third-order valence-electron chi connectivity index (χ3n) is 2.62. The van der Waals surface area contributed by atoms with Gasteiger partial charge in [-0.3, -0.25) is 0 Å². The molecule has 96 valence electrons. The molecule has 0 amide bonds. The summed E-state index contributed by atoms with van der Waals surface area (Å²) in [6, 6.07) is 6.72. The first-order valence-electron chi connectivity index (χ1n) is 5.56. The normalized spacial score (nSPS) is 12.4. The average Bonchev–Trinajstić information content (AvgIpc) is 2.86. The second kappa shape index (κ2) is 5.63. The monoisotopic (exact) mass is 287 g/mol. The lowest BCUT2D eigenvalue weighted by molar-refractivity contribution is 0.474. The van der Waals surface area contributed by atoms with E-state index in [1.54, 1.807) is 6.26 Å². The molecule has 18 heavy (non-hydrogen) atoms. The number of hydrogen-bond acceptors (Lipinski definition) is 2. The molecule has 1 atom stereocenters. The fourth-order valence-electron chi connectivity index (χ4n) is 1.70. The van der Waals surface area contributed by atoms with Crippen molar-refractivity contribution in [3.8, 4) is 0 Å². The molecule has 0 bridgehead atoms. The van der Waals surface area contributed by atoms with Crippen LogP contribution in [0.5, 0.6) is 0 Å². The van der Waals surface area contributed by atoms with Gasteiger partial charge in [0.1, 0.15) is 5.76 Å². The maximum absolute atomic E-state index is 13.3. The van der Waals surface area contributed by atoms with Crippen LogP contribution < -0.4 is 5.32 Å². The van der Waals surface area contributed by atoms with E-state index in [4.69, 9.17) is 27.6 Å². The van der Waals surface area contributed by atoms with Gasteiger partial charge in [-0.1, -0.05) is 30.1 Å². The molecule has 0 radical (unpaired) electrons. The van der Waals surface area contributed by atoms with Crippen LogP contribution in [0.25, 0.3) is 0 Å². The molecule has 1 heterocycles. The van der Waals surface area contributed by atoms with Crippen molar-refractivity contribution in [2.24, 2.45) is 0 Å². The SMILES string of the molecule is CCC(Nc1cc(Cl)c(F)c(Cl)c1)c1ccco1. The van der Waals surface area contributed by atoms with Crippen molar-refractivity contribution in [1.82, 2.24) is 0 Å². The van der Waals surface area contributed by atoms with Crippen molar-refractivity contribution in [2.75, 3.05) is 5.32 Å². The van der Waals surface area contributed by atoms with Crippen molar-refractivity contribution in [3.05, 3.63) is 52.2 Å². The molecule has 0 saturated carbocycles. The predicted octanol–water partition coefficient (Wildman–Crippen LogP) is 5.29. The Labute approximate surface area is 115 Å². The fourth-order valence-corrected chi connectivity index (χ4v) is 2.19. The minimum Gasteiger partial charge on any atom is -0.467 e. The maximum atomic E-state index is 13.3. The summed E-state index contributed by atoms with van der Waals surface area (Å²) in [5.74, 6) is 0.212. The van der Waals surface area contributed by atoms with Gasteiger partial charge in [0, 0.05) is 5.69 Å². The Morgan fingerprint density at radius 2 is 2.00 bits per heavy atom. The number of halogens is 3. The Balaban J connectivity index is 2.23. The quantitative estimate of drug-likeness (QED) is 0.773. The lowest BCUT2D eigenvalue weighted by Gasteiger charge is -2.16. The number of rotatable bonds is 4. The van der Waals surface area contributed by atoms with Crippen LogP contribution in [0.1, 0.15) is 25.1 Å². The van der Waals surface area contributed by atoms with Crippen LogP contribution in [0.4, 0.5) is 10.1 Å². The zero-order chi connectivity index (χ0) is 13.1. The number of anilines is 1. The molecule has 2 nitrogen and oxygen atoms in total. The fraction of sp³-hybridized carbons (Fsp3) is 0.231. The third kappa shape index (κ3) is 2.79. The van der Waals surface area contributed by atoms with E-state index in [1.807, 2.05) is 19.1 Å². The van der Waals surface area contributed by atoms with Gasteiger partial charge in [0.25, 0.3) is 0 Å². The Hall–Kier alpha value is -1.19. The molecule has 2 rings (SSSR count). The Kier molecular flexibility index (Phi) is 4.15. The average molecular weight is 288 g/mol. The van der Waals surface area contributed by atoms with Crippen molar-refractivity contribution in [3.63, 3.8) is 0 Å². The third-order valence-corrected chi connectivity index (χ3v) is 3.17. The minimum atomic E-state index is -0.602. The summed E-state index contributed by atoms with van der Waals surface area (Å²) >= 11 is 11.5. The molecule has 2 aromatic rings. The second-order valence-corrected chi connectivity index (χ2v) is 4.69. The standard InChI is InChI=1S/C13H12Cl2FNO/c1-2-11(12-4-3-5-18-12)17-8-6-9(14)13(16)10(15)7-8/h3-7,11,17H,2H2,1H3. The van der Waals surface area contributed by atoms with Crippen molar-refractivity contribution >= 4 is 28.9 Å². The molecule has 0 aliphatic heterocycles. The van der Waals surface area contributed by atoms with Crippen LogP contribution in [0.15, 0.2) is 34.9 Å². The molecular weight excluding hydrogens is 276 g/mol. The van der Waals surface area contributed by atoms with Gasteiger partial charge < -0.3 is 9.73 Å². The van der Waals surface area contributed by atoms with Gasteiger partial charge in [-0.2, -0.15) is 0 Å². The highest BCUT2D eigenvalue weighted by molar-refractivity contribution is 6.35. The lowest BCUT2D eigenvalue weighted by Crippen LogP contribution is -2.08. The van der Waals surface area contributed by atoms with Gasteiger partial charge in [0.2, 0.25) is 0 Å². The van der Waals surface area contributed by atoms with E-state index in [0.29, 0.717) is 5.69 Å². The summed E-state index contributed by atoms with van der Waals surface area (Å²) in [7, 11) is 0. The van der Waals surface area contributed by atoms with E-state index in [0.717, 1.165) is 12.2 Å². The van der Waals surface area contributed by atoms with E-state index < -0.39 is 5.82 Å². The Morgan fingerprint density at radius 1 is 1.33 bits per heavy atom. The van der Waals surface area contributed by atoms with Gasteiger partial charge in [0.15, 0.2) is 5.82 Å². The highest BCUT2D eigenvalue weighted by Gasteiger charge is 2.14. The van der Waals surface area contributed by atoms with Crippen LogP contribution in [0.2, 0.25) is 10.0 Å². The van der Waals surface area contributed by atoms with Crippen LogP contribution in [-0.2, 0) is 0 Å². The number of furan rings is 1. The first-order valence-corrected chi connectivity index (χ1v) is 6.32. The molecule has 0 fully saturated rings. The van der Waals surface area contributed by atoms with Gasteiger partial charge in [-0.05, 0) is 30.7 Å². The molecule has 0 aliphatic carbocycles. The van der Waals surface area contributed by atoms with Crippen LogP contribution in [0, 0.1) is 5.82 Å². The van der Waals surface area contributed by atoms with E-state index in [1.165, 1.54) is 12.1 Å². The first-order chi connectivity index (χ1) is 8.61. The van der Waals surface area contributed by atoms with Gasteiger partial charge in [-0.25, -0.2) is 4.39 Å². The van der Waals surface area contributed by atoms with Gasteiger partial charge in [-0.15, -0.1) is 0 Å². The van der Waals surface area contributed by atoms with E-state index in [2.05, 4.69) is 5.32 Å². The molecular formula is C13H12Cl2FNO. The zero-order valence-electron chi connectivity index (χ0n) is 9.71. The van der Waals surface area contributed by atoms with Crippen molar-refractivity contribution < 1.29 is 8.81 Å². The molecule has 1 N–H and O–H groups in total. The predicted molar refractivity (Wildman–Crippen MR) is 71.8 cm³/mol. The molecule has 0 aliphatic rings. The molecule has 1 aromatic carbocycles. The highest BCUT2D eigenvalue weighted by Crippen LogP contribution is 2.30. The number of nitrogens with one attached hydrogen (secondary N) is 1. The Bertz CT molecular complexity index is 505. The van der Waals surface area contributed by atoms with Gasteiger partial charge in [0.05, 0.1) is 22.4 Å². The zero-order valence-corrected chi connectivity index (χ0v) is 11.2. The van der Waals surface area contributed by atoms with E-state index >= 15 is 0 Å². The van der Waals surface area contributed by atoms with Crippen LogP contribution in [0.3, 0.4) is 0 Å². The van der Waals surface area contributed by atoms with Crippen molar-refractivity contribution in [2.45, 2.75) is 19.4 Å². The first kappa shape index (κ1) is 13.2. The summed E-state index contributed by atoms with van der Waals surface area (Å²) < 4.78 is 18.6. The molecule has 0 saturated heterocycles. The topological polar surface area (TPSA) is 25.2 Å². The smallest absolute Gasteiger partial charge is 0.160 e. The minimum absolute atomic E-state index is 0.000650. The summed E-state index contributed by atoms with van der Waals surface area (Å²) in [5, 5.41) is 3.21. The lowest BCUT2D eigenvalue weighted by atomic mass is 10.1. The summed E-state index contributed by atoms with van der Waals surface area (Å²) in [4.78, 5) is 0. The Morgan fingerprint density at radius 3 is 2.50 bits per heavy atom. The summed E-state index contributed by atoms with van der Waals surface area (Å²) in [5.41, 5.74) is 0.662. The van der Waals surface area contributed by atoms with E-state index in [9.17, 15) is 4.39 Å². The summed E-state index contributed by atoms with van der Waals surface area (Å²) in [6.45, 7) is 2.02.